The maximum atomic E-state index is 12.0. The number of benzene rings is 1. The van der Waals surface area contributed by atoms with Gasteiger partial charge >= 0.3 is 0 Å². The molecular formula is C14H18N2O2. The zero-order chi connectivity index (χ0) is 12.8. The van der Waals surface area contributed by atoms with Gasteiger partial charge in [-0.3, -0.25) is 4.79 Å². The van der Waals surface area contributed by atoms with E-state index in [-0.39, 0.29) is 5.91 Å². The molecule has 0 spiro atoms. The van der Waals surface area contributed by atoms with E-state index in [4.69, 9.17) is 4.42 Å². The minimum Gasteiger partial charge on any atom is -0.463 e. The van der Waals surface area contributed by atoms with Crippen LogP contribution in [0, 0.1) is 0 Å². The van der Waals surface area contributed by atoms with Crippen LogP contribution in [-0.4, -0.2) is 25.5 Å². The second-order valence-corrected chi connectivity index (χ2v) is 4.15. The average molecular weight is 246 g/mol. The maximum Gasteiger partial charge on any atom is 0.255 e. The van der Waals surface area contributed by atoms with Gasteiger partial charge in [0.1, 0.15) is 11.8 Å². The van der Waals surface area contributed by atoms with Gasteiger partial charge in [-0.05, 0) is 19.0 Å². The second-order valence-electron chi connectivity index (χ2n) is 4.15. The number of amides is 1. The Kier molecular flexibility index (Phi) is 4.36. The third-order valence-electron chi connectivity index (χ3n) is 2.74. The van der Waals surface area contributed by atoms with Crippen LogP contribution in [0.1, 0.15) is 23.7 Å². The molecule has 2 aromatic rings. The molecule has 1 aromatic heterocycles. The first kappa shape index (κ1) is 12.6. The minimum absolute atomic E-state index is 0.0850. The fraction of sp³-hybridized carbons (Fsp3) is 0.357. The number of fused-ring (bicyclic) bond motifs is 1. The summed E-state index contributed by atoms with van der Waals surface area (Å²) in [6, 6.07) is 7.54. The Hall–Kier alpha value is -1.81. The molecule has 0 fully saturated rings. The molecule has 96 valence electrons. The summed E-state index contributed by atoms with van der Waals surface area (Å²) in [6.45, 7) is 4.50. The van der Waals surface area contributed by atoms with Gasteiger partial charge in [0.05, 0.1) is 5.56 Å². The van der Waals surface area contributed by atoms with Crippen molar-refractivity contribution in [2.24, 2.45) is 0 Å². The van der Waals surface area contributed by atoms with Gasteiger partial charge in [0.15, 0.2) is 0 Å². The van der Waals surface area contributed by atoms with Crippen LogP contribution in [0.3, 0.4) is 0 Å². The predicted molar refractivity (Wildman–Crippen MR) is 71.7 cm³/mol. The van der Waals surface area contributed by atoms with E-state index in [9.17, 15) is 4.79 Å². The number of hydrogen-bond acceptors (Lipinski definition) is 3. The van der Waals surface area contributed by atoms with Crippen molar-refractivity contribution >= 4 is 16.9 Å². The van der Waals surface area contributed by atoms with Gasteiger partial charge in [-0.1, -0.05) is 25.1 Å². The van der Waals surface area contributed by atoms with Crippen molar-refractivity contribution < 1.29 is 9.21 Å². The van der Waals surface area contributed by atoms with Crippen LogP contribution in [0.2, 0.25) is 0 Å². The molecule has 0 saturated carbocycles. The van der Waals surface area contributed by atoms with E-state index in [2.05, 4.69) is 17.6 Å². The average Bonchev–Trinajstić information content (AvgIpc) is 2.82. The van der Waals surface area contributed by atoms with Crippen LogP contribution in [-0.2, 0) is 0 Å². The number of carbonyl (C=O) groups excluding carboxylic acids is 1. The van der Waals surface area contributed by atoms with Crippen LogP contribution < -0.4 is 10.6 Å². The molecule has 0 unspecified atom stereocenters. The van der Waals surface area contributed by atoms with Crippen molar-refractivity contribution in [1.29, 1.82) is 0 Å². The van der Waals surface area contributed by atoms with E-state index in [0.717, 1.165) is 30.5 Å². The molecule has 4 nitrogen and oxygen atoms in total. The van der Waals surface area contributed by atoms with Crippen LogP contribution in [0.4, 0.5) is 0 Å². The van der Waals surface area contributed by atoms with E-state index >= 15 is 0 Å². The molecule has 0 aliphatic carbocycles. The van der Waals surface area contributed by atoms with Gasteiger partial charge in [0, 0.05) is 18.5 Å². The van der Waals surface area contributed by atoms with Gasteiger partial charge in [-0.15, -0.1) is 0 Å². The van der Waals surface area contributed by atoms with E-state index in [1.807, 2.05) is 24.3 Å². The largest absolute Gasteiger partial charge is 0.463 e. The summed E-state index contributed by atoms with van der Waals surface area (Å²) in [5, 5.41) is 6.97. The highest BCUT2D eigenvalue weighted by molar-refractivity contribution is 6.05. The Bertz CT molecular complexity index is 519. The summed E-state index contributed by atoms with van der Waals surface area (Å²) in [5.74, 6) is -0.0850. The molecule has 0 radical (unpaired) electrons. The molecule has 2 rings (SSSR count). The summed E-state index contributed by atoms with van der Waals surface area (Å²) in [4.78, 5) is 12.0. The van der Waals surface area contributed by atoms with E-state index in [0.29, 0.717) is 12.1 Å². The van der Waals surface area contributed by atoms with Gasteiger partial charge in [0.2, 0.25) is 0 Å². The first-order chi connectivity index (χ1) is 8.83. The molecule has 0 atom stereocenters. The lowest BCUT2D eigenvalue weighted by atomic mass is 10.1. The monoisotopic (exact) mass is 246 g/mol. The lowest BCUT2D eigenvalue weighted by molar-refractivity contribution is 0.0954. The molecule has 0 saturated heterocycles. The van der Waals surface area contributed by atoms with Crippen LogP contribution >= 0.6 is 0 Å². The summed E-state index contributed by atoms with van der Waals surface area (Å²) in [7, 11) is 0. The fourth-order valence-electron chi connectivity index (χ4n) is 1.82. The Morgan fingerprint density at radius 1 is 1.22 bits per heavy atom. The standard InChI is InChI=1S/C14H18N2O2/c1-2-7-15-8-9-16-14(17)12-10-18-13-6-4-3-5-11(12)13/h3-6,10,15H,2,7-9H2,1H3,(H,16,17). The fourth-order valence-corrected chi connectivity index (χ4v) is 1.82. The number of carbonyl (C=O) groups is 1. The van der Waals surface area contributed by atoms with Gasteiger partial charge in [0.25, 0.3) is 5.91 Å². The lowest BCUT2D eigenvalue weighted by Gasteiger charge is -2.04. The van der Waals surface area contributed by atoms with Crippen molar-refractivity contribution in [2.75, 3.05) is 19.6 Å². The minimum atomic E-state index is -0.0850. The summed E-state index contributed by atoms with van der Waals surface area (Å²) in [6.07, 6.45) is 2.61. The van der Waals surface area contributed by atoms with Crippen LogP contribution in [0.15, 0.2) is 34.9 Å². The Labute approximate surface area is 106 Å². The van der Waals surface area contributed by atoms with Crippen molar-refractivity contribution in [3.8, 4) is 0 Å². The smallest absolute Gasteiger partial charge is 0.255 e. The highest BCUT2D eigenvalue weighted by Crippen LogP contribution is 2.20. The van der Waals surface area contributed by atoms with E-state index < -0.39 is 0 Å². The predicted octanol–water partition coefficient (Wildman–Crippen LogP) is 2.16. The van der Waals surface area contributed by atoms with Gasteiger partial charge < -0.3 is 15.1 Å². The second kappa shape index (κ2) is 6.21. The zero-order valence-corrected chi connectivity index (χ0v) is 10.5. The van der Waals surface area contributed by atoms with Crippen molar-refractivity contribution in [3.63, 3.8) is 0 Å². The summed E-state index contributed by atoms with van der Waals surface area (Å²) in [5.41, 5.74) is 1.34. The molecule has 4 heteroatoms. The van der Waals surface area contributed by atoms with Crippen molar-refractivity contribution in [2.45, 2.75) is 13.3 Å². The highest BCUT2D eigenvalue weighted by Gasteiger charge is 2.12. The first-order valence-electron chi connectivity index (χ1n) is 6.28. The van der Waals surface area contributed by atoms with Crippen molar-refractivity contribution in [3.05, 3.63) is 36.1 Å². The highest BCUT2D eigenvalue weighted by atomic mass is 16.3. The van der Waals surface area contributed by atoms with Crippen LogP contribution in [0.5, 0.6) is 0 Å². The van der Waals surface area contributed by atoms with Crippen molar-refractivity contribution in [1.82, 2.24) is 10.6 Å². The summed E-state index contributed by atoms with van der Waals surface area (Å²) < 4.78 is 5.34. The first-order valence-corrected chi connectivity index (χ1v) is 6.28. The number of nitrogens with one attached hydrogen (secondary N) is 2. The molecule has 18 heavy (non-hydrogen) atoms. The molecule has 0 aliphatic heterocycles. The van der Waals surface area contributed by atoms with Crippen LogP contribution in [0.25, 0.3) is 11.0 Å². The van der Waals surface area contributed by atoms with E-state index in [1.54, 1.807) is 0 Å². The molecule has 2 N–H and O–H groups in total. The number of rotatable bonds is 6. The molecule has 1 aromatic carbocycles. The molecule has 0 bridgehead atoms. The third-order valence-corrected chi connectivity index (χ3v) is 2.74. The number of hydrogen-bond donors (Lipinski definition) is 2. The number of furan rings is 1. The lowest BCUT2D eigenvalue weighted by Crippen LogP contribution is -2.31. The SMILES string of the molecule is CCCNCCNC(=O)c1coc2ccccc12. The van der Waals surface area contributed by atoms with Gasteiger partial charge in [-0.2, -0.15) is 0 Å². The Morgan fingerprint density at radius 2 is 2.06 bits per heavy atom. The van der Waals surface area contributed by atoms with Gasteiger partial charge in [-0.25, -0.2) is 0 Å². The number of para-hydroxylation sites is 1. The normalized spacial score (nSPS) is 10.7. The molecular weight excluding hydrogens is 228 g/mol. The summed E-state index contributed by atoms with van der Waals surface area (Å²) >= 11 is 0. The molecule has 0 aliphatic rings. The Morgan fingerprint density at radius 3 is 2.89 bits per heavy atom. The van der Waals surface area contributed by atoms with E-state index in [1.165, 1.54) is 6.26 Å². The topological polar surface area (TPSA) is 54.3 Å². The maximum absolute atomic E-state index is 12.0. The molecule has 1 amide bonds. The zero-order valence-electron chi connectivity index (χ0n) is 10.5. The third kappa shape index (κ3) is 2.90. The molecule has 1 heterocycles. The Balaban J connectivity index is 1.93. The quantitative estimate of drug-likeness (QED) is 0.768.